The van der Waals surface area contributed by atoms with Gasteiger partial charge in [-0.3, -0.25) is 0 Å². The van der Waals surface area contributed by atoms with Gasteiger partial charge in [-0.15, -0.1) is 0 Å². The highest BCUT2D eigenvalue weighted by molar-refractivity contribution is 5.91. The molecule has 0 aromatic heterocycles. The molecule has 0 spiro atoms. The van der Waals surface area contributed by atoms with Crippen LogP contribution in [0.15, 0.2) is 28.4 Å². The standard InChI is InChI=1S/C10H12N2O3/c1-6(2)11-12-7-3-4-9(13)8(5-7)10(14)15/h3-6,13H,1-2H3,(H,14,15)/b12-11+. The van der Waals surface area contributed by atoms with Crippen LogP contribution in [0.4, 0.5) is 5.69 Å². The van der Waals surface area contributed by atoms with Gasteiger partial charge in [-0.05, 0) is 32.0 Å². The van der Waals surface area contributed by atoms with Crippen LogP contribution in [0.2, 0.25) is 0 Å². The van der Waals surface area contributed by atoms with Gasteiger partial charge in [0.1, 0.15) is 11.3 Å². The number of phenols is 1. The van der Waals surface area contributed by atoms with Crippen molar-refractivity contribution in [3.63, 3.8) is 0 Å². The molecule has 5 nitrogen and oxygen atoms in total. The molecule has 0 bridgehead atoms. The molecule has 2 N–H and O–H groups in total. The van der Waals surface area contributed by atoms with Crippen molar-refractivity contribution in [2.75, 3.05) is 0 Å². The highest BCUT2D eigenvalue weighted by atomic mass is 16.4. The zero-order valence-electron chi connectivity index (χ0n) is 8.51. The van der Waals surface area contributed by atoms with Gasteiger partial charge in [0.25, 0.3) is 0 Å². The number of benzene rings is 1. The van der Waals surface area contributed by atoms with Crippen LogP contribution in [0.5, 0.6) is 5.75 Å². The Hall–Kier alpha value is -1.91. The fourth-order valence-corrected chi connectivity index (χ4v) is 0.940. The van der Waals surface area contributed by atoms with E-state index in [2.05, 4.69) is 10.2 Å². The Morgan fingerprint density at radius 2 is 2.07 bits per heavy atom. The van der Waals surface area contributed by atoms with Crippen LogP contribution in [0, 0.1) is 0 Å². The summed E-state index contributed by atoms with van der Waals surface area (Å²) in [5.41, 5.74) is 0.245. The molecule has 0 aliphatic rings. The van der Waals surface area contributed by atoms with Crippen LogP contribution in [0.3, 0.4) is 0 Å². The third-order valence-electron chi connectivity index (χ3n) is 1.61. The molecule has 0 aliphatic carbocycles. The number of rotatable bonds is 3. The number of aromatic hydroxyl groups is 1. The van der Waals surface area contributed by atoms with Crippen LogP contribution in [0.25, 0.3) is 0 Å². The fraction of sp³-hybridized carbons (Fsp3) is 0.300. The molecular formula is C10H12N2O3. The SMILES string of the molecule is CC(C)/N=N/c1ccc(O)c(C(=O)O)c1. The Morgan fingerprint density at radius 1 is 1.40 bits per heavy atom. The predicted molar refractivity (Wildman–Crippen MR) is 54.7 cm³/mol. The van der Waals surface area contributed by atoms with Crippen LogP contribution in [0.1, 0.15) is 24.2 Å². The highest BCUT2D eigenvalue weighted by Crippen LogP contribution is 2.23. The van der Waals surface area contributed by atoms with Crippen molar-refractivity contribution < 1.29 is 15.0 Å². The van der Waals surface area contributed by atoms with E-state index in [1.807, 2.05) is 13.8 Å². The molecule has 0 aliphatic heterocycles. The summed E-state index contributed by atoms with van der Waals surface area (Å²) in [6.45, 7) is 3.73. The van der Waals surface area contributed by atoms with Crippen molar-refractivity contribution in [1.82, 2.24) is 0 Å². The molecule has 0 amide bonds. The molecule has 0 fully saturated rings. The van der Waals surface area contributed by atoms with E-state index in [1.54, 1.807) is 0 Å². The topological polar surface area (TPSA) is 82.2 Å². The quantitative estimate of drug-likeness (QED) is 0.749. The Balaban J connectivity index is 3.03. The lowest BCUT2D eigenvalue weighted by Gasteiger charge is -2.00. The van der Waals surface area contributed by atoms with Gasteiger partial charge < -0.3 is 10.2 Å². The summed E-state index contributed by atoms with van der Waals surface area (Å²) in [5.74, 6) is -1.46. The summed E-state index contributed by atoms with van der Waals surface area (Å²) in [6, 6.07) is 4.13. The maximum Gasteiger partial charge on any atom is 0.339 e. The number of nitrogens with zero attached hydrogens (tertiary/aromatic N) is 2. The van der Waals surface area contributed by atoms with E-state index >= 15 is 0 Å². The Kier molecular flexibility index (Phi) is 3.38. The Labute approximate surface area is 87.1 Å². The Morgan fingerprint density at radius 3 is 2.60 bits per heavy atom. The first-order chi connectivity index (χ1) is 7.00. The second-order valence-electron chi connectivity index (χ2n) is 3.32. The summed E-state index contributed by atoms with van der Waals surface area (Å²) >= 11 is 0. The molecule has 5 heteroatoms. The number of aromatic carboxylic acids is 1. The number of azo groups is 1. The molecule has 0 unspecified atom stereocenters. The lowest BCUT2D eigenvalue weighted by atomic mass is 10.2. The molecule has 0 atom stereocenters. The molecule has 15 heavy (non-hydrogen) atoms. The number of carbonyl (C=O) groups is 1. The van der Waals surface area contributed by atoms with E-state index in [0.717, 1.165) is 0 Å². The van der Waals surface area contributed by atoms with Gasteiger partial charge in [0.2, 0.25) is 0 Å². The van der Waals surface area contributed by atoms with E-state index < -0.39 is 5.97 Å². The number of hydrogen-bond acceptors (Lipinski definition) is 4. The second kappa shape index (κ2) is 4.54. The van der Waals surface area contributed by atoms with Crippen LogP contribution in [-0.4, -0.2) is 22.2 Å². The summed E-state index contributed by atoms with van der Waals surface area (Å²) < 4.78 is 0. The molecule has 0 saturated carbocycles. The minimum absolute atomic E-state index is 0.0482. The van der Waals surface area contributed by atoms with Crippen LogP contribution < -0.4 is 0 Å². The lowest BCUT2D eigenvalue weighted by Crippen LogP contribution is -1.95. The van der Waals surface area contributed by atoms with E-state index in [1.165, 1.54) is 18.2 Å². The van der Waals surface area contributed by atoms with Crippen molar-refractivity contribution >= 4 is 11.7 Å². The normalized spacial score (nSPS) is 11.1. The lowest BCUT2D eigenvalue weighted by molar-refractivity contribution is 0.0694. The predicted octanol–water partition coefficient (Wildman–Crippen LogP) is 2.58. The molecule has 0 heterocycles. The van der Waals surface area contributed by atoms with Gasteiger partial charge in [0.15, 0.2) is 0 Å². The first-order valence-corrected chi connectivity index (χ1v) is 4.48. The molecule has 0 saturated heterocycles. The van der Waals surface area contributed by atoms with Gasteiger partial charge in [-0.25, -0.2) is 4.79 Å². The zero-order valence-corrected chi connectivity index (χ0v) is 8.51. The number of hydrogen-bond donors (Lipinski definition) is 2. The minimum atomic E-state index is -1.19. The monoisotopic (exact) mass is 208 g/mol. The van der Waals surface area contributed by atoms with Gasteiger partial charge in [0.05, 0.1) is 11.7 Å². The third kappa shape index (κ3) is 3.05. The van der Waals surface area contributed by atoms with Crippen molar-refractivity contribution in [2.45, 2.75) is 19.9 Å². The van der Waals surface area contributed by atoms with E-state index in [9.17, 15) is 9.90 Å². The van der Waals surface area contributed by atoms with Crippen LogP contribution >= 0.6 is 0 Å². The molecule has 1 aromatic carbocycles. The van der Waals surface area contributed by atoms with E-state index in [0.29, 0.717) is 5.69 Å². The largest absolute Gasteiger partial charge is 0.507 e. The molecule has 1 aromatic rings. The number of carboxylic acids is 1. The maximum absolute atomic E-state index is 10.7. The number of carboxylic acid groups (broad SMARTS) is 1. The second-order valence-corrected chi connectivity index (χ2v) is 3.32. The molecule has 0 radical (unpaired) electrons. The van der Waals surface area contributed by atoms with Gasteiger partial charge >= 0.3 is 5.97 Å². The molecule has 1 rings (SSSR count). The summed E-state index contributed by atoms with van der Waals surface area (Å²) in [6.07, 6.45) is 0. The fourth-order valence-electron chi connectivity index (χ4n) is 0.940. The Bertz CT molecular complexity index is 400. The van der Waals surface area contributed by atoms with Gasteiger partial charge in [-0.2, -0.15) is 10.2 Å². The summed E-state index contributed by atoms with van der Waals surface area (Å²) in [4.78, 5) is 10.7. The average Bonchev–Trinajstić information content (AvgIpc) is 2.16. The minimum Gasteiger partial charge on any atom is -0.507 e. The van der Waals surface area contributed by atoms with E-state index in [-0.39, 0.29) is 17.4 Å². The van der Waals surface area contributed by atoms with Crippen molar-refractivity contribution in [3.05, 3.63) is 23.8 Å². The first kappa shape index (κ1) is 11.2. The van der Waals surface area contributed by atoms with Gasteiger partial charge in [-0.1, -0.05) is 0 Å². The third-order valence-corrected chi connectivity index (χ3v) is 1.61. The van der Waals surface area contributed by atoms with Gasteiger partial charge in [0, 0.05) is 0 Å². The highest BCUT2D eigenvalue weighted by Gasteiger charge is 2.09. The zero-order chi connectivity index (χ0) is 11.4. The van der Waals surface area contributed by atoms with Crippen molar-refractivity contribution in [2.24, 2.45) is 10.2 Å². The van der Waals surface area contributed by atoms with Crippen LogP contribution in [-0.2, 0) is 0 Å². The smallest absolute Gasteiger partial charge is 0.339 e. The maximum atomic E-state index is 10.7. The van der Waals surface area contributed by atoms with E-state index in [4.69, 9.17) is 5.11 Å². The summed E-state index contributed by atoms with van der Waals surface area (Å²) in [5, 5.41) is 25.7. The van der Waals surface area contributed by atoms with Crippen molar-refractivity contribution in [1.29, 1.82) is 0 Å². The molecule has 80 valence electrons. The average molecular weight is 208 g/mol. The van der Waals surface area contributed by atoms with Crippen molar-refractivity contribution in [3.8, 4) is 5.75 Å². The molecular weight excluding hydrogens is 196 g/mol. The first-order valence-electron chi connectivity index (χ1n) is 4.48. The summed E-state index contributed by atoms with van der Waals surface area (Å²) in [7, 11) is 0.